The molecule has 3 unspecified atom stereocenters. The van der Waals surface area contributed by atoms with Crippen LogP contribution in [-0.2, 0) is 29.2 Å². The average molecular weight is 586 g/mol. The lowest BCUT2D eigenvalue weighted by molar-refractivity contribution is -0.0547. The maximum atomic E-state index is 13.2. The van der Waals surface area contributed by atoms with Crippen molar-refractivity contribution in [1.29, 1.82) is 0 Å². The largest absolute Gasteiger partial charge is 0.481 e. The summed E-state index contributed by atoms with van der Waals surface area (Å²) in [6.45, 7) is -1.20. The van der Waals surface area contributed by atoms with Crippen LogP contribution in [0.4, 0.5) is 5.69 Å². The third-order valence-electron chi connectivity index (χ3n) is 5.68. The third-order valence-corrected chi connectivity index (χ3v) is 7.83. The molecule has 0 spiro atoms. The molecule has 3 heterocycles. The van der Waals surface area contributed by atoms with E-state index in [4.69, 9.17) is 20.3 Å². The van der Waals surface area contributed by atoms with E-state index in [0.717, 1.165) is 32.5 Å². The van der Waals surface area contributed by atoms with E-state index in [9.17, 15) is 33.8 Å². The number of aliphatic hydroxyl groups is 2. The minimum Gasteiger partial charge on any atom is -0.399 e. The lowest BCUT2D eigenvalue weighted by Gasteiger charge is -2.19. The second kappa shape index (κ2) is 11.2. The first-order valence-electron chi connectivity index (χ1n) is 11.1. The van der Waals surface area contributed by atoms with Crippen LogP contribution >= 0.6 is 15.6 Å². The van der Waals surface area contributed by atoms with Crippen molar-refractivity contribution in [2.45, 2.75) is 31.1 Å². The molecule has 0 bridgehead atoms. The van der Waals surface area contributed by atoms with Gasteiger partial charge in [-0.25, -0.2) is 13.9 Å². The standard InChI is InChI=1S/C21H24N4O12P2/c22-14-3-1-2-12(8-14)13-4-6-23-15(9-13)10-25-17(26)5-7-24(21(25)29)20-19(28)18(27)16(36-20)11-35-39(33,34)37-38(30,31)32/h1-9,16,18-20,27-28H,10-11,22H2,(H,33,34)(H2,30,31,32)/t16-,18?,19?,20-/m1/s1. The van der Waals surface area contributed by atoms with Crippen molar-refractivity contribution in [2.75, 3.05) is 12.3 Å². The van der Waals surface area contributed by atoms with Crippen molar-refractivity contribution in [3.05, 3.63) is 81.4 Å². The van der Waals surface area contributed by atoms with Crippen LogP contribution in [0.3, 0.4) is 0 Å². The molecule has 0 aliphatic carbocycles. The monoisotopic (exact) mass is 586 g/mol. The number of nitrogens with zero attached hydrogens (tertiary/aromatic N) is 3. The van der Waals surface area contributed by atoms with E-state index >= 15 is 0 Å². The fraction of sp³-hybridized carbons (Fsp3) is 0.286. The Morgan fingerprint density at radius 3 is 2.44 bits per heavy atom. The molecule has 0 radical (unpaired) electrons. The van der Waals surface area contributed by atoms with Gasteiger partial charge in [0.25, 0.3) is 5.56 Å². The van der Waals surface area contributed by atoms with Gasteiger partial charge < -0.3 is 35.4 Å². The van der Waals surface area contributed by atoms with Crippen LogP contribution < -0.4 is 17.0 Å². The van der Waals surface area contributed by atoms with E-state index in [1.165, 1.54) is 6.20 Å². The summed E-state index contributed by atoms with van der Waals surface area (Å²) in [7, 11) is -10.6. The molecule has 1 aliphatic rings. The van der Waals surface area contributed by atoms with Gasteiger partial charge in [-0.2, -0.15) is 4.31 Å². The Kier molecular flexibility index (Phi) is 8.35. The first-order chi connectivity index (χ1) is 18.2. The van der Waals surface area contributed by atoms with E-state index in [-0.39, 0.29) is 6.54 Å². The molecule has 210 valence electrons. The van der Waals surface area contributed by atoms with Gasteiger partial charge in [0.1, 0.15) is 18.3 Å². The molecule has 7 N–H and O–H groups in total. The molecular formula is C21H24N4O12P2. The van der Waals surface area contributed by atoms with Gasteiger partial charge in [0, 0.05) is 24.1 Å². The van der Waals surface area contributed by atoms with Crippen molar-refractivity contribution in [3.8, 4) is 11.1 Å². The van der Waals surface area contributed by atoms with Crippen LogP contribution in [0.5, 0.6) is 0 Å². The topological polar surface area (TPSA) is 246 Å². The number of nitrogen functional groups attached to an aromatic ring is 1. The number of ether oxygens (including phenoxy) is 1. The molecule has 4 rings (SSSR count). The summed E-state index contributed by atoms with van der Waals surface area (Å²) in [5.74, 6) is 0. The van der Waals surface area contributed by atoms with E-state index < -0.39 is 58.0 Å². The highest BCUT2D eigenvalue weighted by Gasteiger charge is 2.46. The minimum atomic E-state index is -5.38. The molecule has 1 aliphatic heterocycles. The lowest BCUT2D eigenvalue weighted by Crippen LogP contribution is -2.43. The van der Waals surface area contributed by atoms with E-state index in [1.807, 2.05) is 6.07 Å². The first kappa shape index (κ1) is 29.0. The second-order valence-corrected chi connectivity index (χ2v) is 11.3. The second-order valence-electron chi connectivity index (χ2n) is 8.47. The molecule has 0 saturated carbocycles. The number of rotatable bonds is 9. The smallest absolute Gasteiger partial charge is 0.399 e. The highest BCUT2D eigenvalue weighted by Crippen LogP contribution is 2.57. The van der Waals surface area contributed by atoms with Gasteiger partial charge in [-0.15, -0.1) is 0 Å². The molecule has 18 heteroatoms. The summed E-state index contributed by atoms with van der Waals surface area (Å²) in [6.07, 6.45) is -4.05. The van der Waals surface area contributed by atoms with Gasteiger partial charge >= 0.3 is 21.3 Å². The van der Waals surface area contributed by atoms with Crippen LogP contribution in [0.1, 0.15) is 11.9 Å². The zero-order valence-corrected chi connectivity index (χ0v) is 21.6. The maximum Gasteiger partial charge on any atom is 0.481 e. The third kappa shape index (κ3) is 6.96. The van der Waals surface area contributed by atoms with Gasteiger partial charge in [-0.3, -0.25) is 23.4 Å². The van der Waals surface area contributed by atoms with E-state index in [1.54, 1.807) is 30.3 Å². The fourth-order valence-electron chi connectivity index (χ4n) is 3.92. The predicted octanol–water partition coefficient (Wildman–Crippen LogP) is -0.452. The molecule has 0 amide bonds. The molecule has 5 atom stereocenters. The van der Waals surface area contributed by atoms with Crippen molar-refractivity contribution >= 4 is 21.3 Å². The van der Waals surface area contributed by atoms with Gasteiger partial charge in [0.15, 0.2) is 6.23 Å². The fourth-order valence-corrected chi connectivity index (χ4v) is 5.52. The number of nitrogens with two attached hydrogens (primary N) is 1. The first-order valence-corrected chi connectivity index (χ1v) is 14.2. The number of hydrogen-bond donors (Lipinski definition) is 6. The molecule has 1 saturated heterocycles. The zero-order valence-electron chi connectivity index (χ0n) is 19.8. The SMILES string of the molecule is Nc1cccc(-c2ccnc(Cn3c(=O)ccn([C@@H]4O[C@H](COP(=O)(O)OP(=O)(O)O)C(O)C4O)c3=O)c2)c1. The number of phosphoric acid groups is 2. The summed E-state index contributed by atoms with van der Waals surface area (Å²) >= 11 is 0. The van der Waals surface area contributed by atoms with Gasteiger partial charge in [0.05, 0.1) is 18.8 Å². The van der Waals surface area contributed by atoms with Crippen LogP contribution in [0.25, 0.3) is 11.1 Å². The van der Waals surface area contributed by atoms with Crippen LogP contribution in [-0.4, -0.2) is 63.9 Å². The summed E-state index contributed by atoms with van der Waals surface area (Å²) in [5, 5.41) is 20.8. The summed E-state index contributed by atoms with van der Waals surface area (Å²) in [4.78, 5) is 56.7. The Bertz CT molecular complexity index is 1570. The summed E-state index contributed by atoms with van der Waals surface area (Å²) in [5.41, 5.74) is 6.67. The van der Waals surface area contributed by atoms with Gasteiger partial charge in [0.2, 0.25) is 0 Å². The normalized spacial score (nSPS) is 23.0. The summed E-state index contributed by atoms with van der Waals surface area (Å²) < 4.78 is 37.7. The quantitative estimate of drug-likeness (QED) is 0.137. The van der Waals surface area contributed by atoms with Crippen LogP contribution in [0, 0.1) is 0 Å². The van der Waals surface area contributed by atoms with Crippen LogP contribution in [0.15, 0.2) is 64.4 Å². The Labute approximate surface area is 219 Å². The van der Waals surface area contributed by atoms with Crippen molar-refractivity contribution in [1.82, 2.24) is 14.1 Å². The molecular weight excluding hydrogens is 562 g/mol. The molecule has 3 aromatic rings. The predicted molar refractivity (Wildman–Crippen MR) is 133 cm³/mol. The van der Waals surface area contributed by atoms with E-state index in [2.05, 4.69) is 13.8 Å². The molecule has 1 aromatic carbocycles. The zero-order chi connectivity index (χ0) is 28.5. The maximum absolute atomic E-state index is 13.2. The highest BCUT2D eigenvalue weighted by atomic mass is 31.3. The van der Waals surface area contributed by atoms with Crippen molar-refractivity contribution in [2.24, 2.45) is 0 Å². The van der Waals surface area contributed by atoms with Crippen molar-refractivity contribution in [3.63, 3.8) is 0 Å². The number of anilines is 1. The average Bonchev–Trinajstić information content (AvgIpc) is 3.13. The Hall–Kier alpha value is -3.01. The number of aliphatic hydroxyl groups excluding tert-OH is 2. The number of pyridine rings is 1. The molecule has 2 aromatic heterocycles. The van der Waals surface area contributed by atoms with E-state index in [0.29, 0.717) is 11.4 Å². The van der Waals surface area contributed by atoms with Crippen LogP contribution in [0.2, 0.25) is 0 Å². The van der Waals surface area contributed by atoms with Gasteiger partial charge in [-0.05, 0) is 35.4 Å². The Morgan fingerprint density at radius 1 is 1.03 bits per heavy atom. The summed E-state index contributed by atoms with van der Waals surface area (Å²) in [6, 6.07) is 11.5. The number of benzene rings is 1. The number of hydrogen-bond acceptors (Lipinski definition) is 11. The molecule has 1 fully saturated rings. The highest BCUT2D eigenvalue weighted by molar-refractivity contribution is 7.60. The van der Waals surface area contributed by atoms with Gasteiger partial charge in [-0.1, -0.05) is 12.1 Å². The number of aromatic nitrogens is 3. The Balaban J connectivity index is 1.55. The number of phosphoric ester groups is 1. The Morgan fingerprint density at radius 2 is 1.74 bits per heavy atom. The minimum absolute atomic E-state index is 0.250. The van der Waals surface area contributed by atoms with Crippen molar-refractivity contribution < 1.29 is 47.6 Å². The lowest BCUT2D eigenvalue weighted by atomic mass is 10.1. The molecule has 39 heavy (non-hydrogen) atoms. The molecule has 16 nitrogen and oxygen atoms in total.